The monoisotopic (exact) mass is 282 g/mol. The van der Waals surface area contributed by atoms with Gasteiger partial charge in [0, 0.05) is 17.3 Å². The Bertz CT molecular complexity index is 510. The van der Waals surface area contributed by atoms with Gasteiger partial charge in [-0.25, -0.2) is 4.98 Å². The van der Waals surface area contributed by atoms with Gasteiger partial charge in [-0.2, -0.15) is 0 Å². The van der Waals surface area contributed by atoms with Crippen molar-refractivity contribution in [2.45, 2.75) is 39.5 Å². The molecule has 4 nitrogen and oxygen atoms in total. The van der Waals surface area contributed by atoms with E-state index < -0.39 is 0 Å². The number of nitrogens with one attached hydrogen (secondary N) is 1. The molecule has 0 atom stereocenters. The van der Waals surface area contributed by atoms with E-state index in [-0.39, 0.29) is 5.41 Å². The minimum absolute atomic E-state index is 0.116. The predicted octanol–water partition coefficient (Wildman–Crippen LogP) is 3.31. The van der Waals surface area contributed by atoms with E-state index in [4.69, 9.17) is 0 Å². The minimum Gasteiger partial charge on any atom is -0.360 e. The highest BCUT2D eigenvalue weighted by Crippen LogP contribution is 2.26. The van der Waals surface area contributed by atoms with Crippen LogP contribution in [0.1, 0.15) is 43.4 Å². The maximum atomic E-state index is 4.67. The van der Waals surface area contributed by atoms with Crippen LogP contribution in [-0.2, 0) is 11.8 Å². The van der Waals surface area contributed by atoms with E-state index in [0.717, 1.165) is 33.8 Å². The van der Waals surface area contributed by atoms with E-state index in [1.807, 2.05) is 0 Å². The quantitative estimate of drug-likeness (QED) is 0.934. The van der Waals surface area contributed by atoms with Crippen LogP contribution < -0.4 is 5.32 Å². The largest absolute Gasteiger partial charge is 0.360 e. The van der Waals surface area contributed by atoms with E-state index in [2.05, 4.69) is 53.6 Å². The molecule has 2 aromatic heterocycles. The third-order valence-electron chi connectivity index (χ3n) is 2.42. The van der Waals surface area contributed by atoms with Gasteiger partial charge in [-0.3, -0.25) is 0 Å². The fourth-order valence-corrected chi connectivity index (χ4v) is 3.34. The molecular formula is C12H18N4S2. The van der Waals surface area contributed by atoms with E-state index in [0.29, 0.717) is 0 Å². The van der Waals surface area contributed by atoms with Crippen molar-refractivity contribution in [3.8, 4) is 0 Å². The van der Waals surface area contributed by atoms with Gasteiger partial charge in [0.05, 0.1) is 17.1 Å². The van der Waals surface area contributed by atoms with Crippen molar-refractivity contribution >= 4 is 27.8 Å². The van der Waals surface area contributed by atoms with Crippen molar-refractivity contribution in [3.63, 3.8) is 0 Å². The standard InChI is InChI=1S/C12H18N4S2/c1-5-13-11-16-15-10(18-11)6-9-14-8(7-17-9)12(2,3)4/h7H,5-6H2,1-4H3,(H,13,16). The van der Waals surface area contributed by atoms with E-state index in [9.17, 15) is 0 Å². The average Bonchev–Trinajstić information content (AvgIpc) is 2.88. The molecular weight excluding hydrogens is 264 g/mol. The van der Waals surface area contributed by atoms with Gasteiger partial charge in [0.15, 0.2) is 0 Å². The first-order valence-electron chi connectivity index (χ1n) is 6.00. The molecule has 0 unspecified atom stereocenters. The Balaban J connectivity index is 2.06. The summed E-state index contributed by atoms with van der Waals surface area (Å²) in [6, 6.07) is 0. The first-order valence-corrected chi connectivity index (χ1v) is 7.70. The van der Waals surface area contributed by atoms with Crippen LogP contribution in [0.15, 0.2) is 5.38 Å². The number of thiazole rings is 1. The fraction of sp³-hybridized carbons (Fsp3) is 0.583. The van der Waals surface area contributed by atoms with Gasteiger partial charge in [0.25, 0.3) is 0 Å². The summed E-state index contributed by atoms with van der Waals surface area (Å²) < 4.78 is 0. The molecule has 2 rings (SSSR count). The molecule has 0 amide bonds. The number of rotatable bonds is 4. The lowest BCUT2D eigenvalue weighted by Gasteiger charge is -2.14. The highest BCUT2D eigenvalue weighted by molar-refractivity contribution is 7.15. The van der Waals surface area contributed by atoms with Crippen molar-refractivity contribution < 1.29 is 0 Å². The molecule has 0 aliphatic carbocycles. The predicted molar refractivity (Wildman–Crippen MR) is 77.7 cm³/mol. The maximum absolute atomic E-state index is 4.67. The summed E-state index contributed by atoms with van der Waals surface area (Å²) in [5, 5.41) is 16.6. The van der Waals surface area contributed by atoms with Gasteiger partial charge in [-0.05, 0) is 6.92 Å². The molecule has 1 N–H and O–H groups in total. The van der Waals surface area contributed by atoms with Crippen LogP contribution in [0.3, 0.4) is 0 Å². The van der Waals surface area contributed by atoms with Gasteiger partial charge in [0.2, 0.25) is 5.13 Å². The summed E-state index contributed by atoms with van der Waals surface area (Å²) in [5.74, 6) is 0. The second kappa shape index (κ2) is 5.32. The Kier molecular flexibility index (Phi) is 3.97. The molecule has 18 heavy (non-hydrogen) atoms. The first-order chi connectivity index (χ1) is 8.49. The molecule has 0 radical (unpaired) electrons. The molecule has 6 heteroatoms. The Morgan fingerprint density at radius 2 is 2.00 bits per heavy atom. The van der Waals surface area contributed by atoms with E-state index in [1.54, 1.807) is 22.7 Å². The molecule has 98 valence electrons. The smallest absolute Gasteiger partial charge is 0.205 e. The van der Waals surface area contributed by atoms with Crippen molar-refractivity contribution in [2.24, 2.45) is 0 Å². The Labute approximate surface area is 116 Å². The molecule has 2 aromatic rings. The molecule has 0 fully saturated rings. The normalized spacial score (nSPS) is 11.8. The van der Waals surface area contributed by atoms with Gasteiger partial charge in [-0.1, -0.05) is 32.1 Å². The summed E-state index contributed by atoms with van der Waals surface area (Å²) in [6.07, 6.45) is 0.782. The Hall–Kier alpha value is -1.01. The SMILES string of the molecule is CCNc1nnc(Cc2nc(C(C)(C)C)cs2)s1. The number of hydrogen-bond acceptors (Lipinski definition) is 6. The van der Waals surface area contributed by atoms with Crippen molar-refractivity contribution in [2.75, 3.05) is 11.9 Å². The first kappa shape index (κ1) is 13.4. The van der Waals surface area contributed by atoms with Crippen LogP contribution in [0.4, 0.5) is 5.13 Å². The van der Waals surface area contributed by atoms with Crippen molar-refractivity contribution in [1.29, 1.82) is 0 Å². The molecule has 0 spiro atoms. The lowest BCUT2D eigenvalue weighted by molar-refractivity contribution is 0.571. The van der Waals surface area contributed by atoms with Gasteiger partial charge < -0.3 is 5.32 Å². The lowest BCUT2D eigenvalue weighted by atomic mass is 9.93. The van der Waals surface area contributed by atoms with Crippen LogP contribution in [0, 0.1) is 0 Å². The second-order valence-electron chi connectivity index (χ2n) is 5.08. The summed E-state index contributed by atoms with van der Waals surface area (Å²) >= 11 is 3.30. The molecule has 0 bridgehead atoms. The van der Waals surface area contributed by atoms with Gasteiger partial charge in [-0.15, -0.1) is 21.5 Å². The van der Waals surface area contributed by atoms with Crippen LogP contribution in [0.25, 0.3) is 0 Å². The topological polar surface area (TPSA) is 50.7 Å². The van der Waals surface area contributed by atoms with Gasteiger partial charge >= 0.3 is 0 Å². The third-order valence-corrected chi connectivity index (χ3v) is 4.15. The molecule has 0 aliphatic rings. The van der Waals surface area contributed by atoms with Crippen LogP contribution in [0.2, 0.25) is 0 Å². The van der Waals surface area contributed by atoms with E-state index >= 15 is 0 Å². The summed E-state index contributed by atoms with van der Waals surface area (Å²) in [7, 11) is 0. The molecule has 2 heterocycles. The summed E-state index contributed by atoms with van der Waals surface area (Å²) in [6.45, 7) is 9.47. The van der Waals surface area contributed by atoms with E-state index in [1.165, 1.54) is 0 Å². The number of aromatic nitrogens is 3. The van der Waals surface area contributed by atoms with Crippen molar-refractivity contribution in [3.05, 3.63) is 21.1 Å². The van der Waals surface area contributed by atoms with Crippen LogP contribution in [-0.4, -0.2) is 21.7 Å². The molecule has 0 aliphatic heterocycles. The molecule has 0 aromatic carbocycles. The van der Waals surface area contributed by atoms with Crippen LogP contribution >= 0.6 is 22.7 Å². The Morgan fingerprint density at radius 3 is 2.61 bits per heavy atom. The summed E-state index contributed by atoms with van der Waals surface area (Å²) in [5.41, 5.74) is 1.27. The zero-order valence-corrected chi connectivity index (χ0v) is 12.8. The number of anilines is 1. The number of hydrogen-bond donors (Lipinski definition) is 1. The van der Waals surface area contributed by atoms with Crippen LogP contribution in [0.5, 0.6) is 0 Å². The Morgan fingerprint density at radius 1 is 1.22 bits per heavy atom. The van der Waals surface area contributed by atoms with Crippen molar-refractivity contribution in [1.82, 2.24) is 15.2 Å². The highest BCUT2D eigenvalue weighted by Gasteiger charge is 2.18. The third kappa shape index (κ3) is 3.26. The average molecular weight is 282 g/mol. The molecule has 0 saturated carbocycles. The second-order valence-corrected chi connectivity index (χ2v) is 7.09. The zero-order valence-electron chi connectivity index (χ0n) is 11.1. The summed E-state index contributed by atoms with van der Waals surface area (Å²) in [4.78, 5) is 4.67. The van der Waals surface area contributed by atoms with Gasteiger partial charge in [0.1, 0.15) is 5.01 Å². The maximum Gasteiger partial charge on any atom is 0.205 e. The zero-order chi connectivity index (χ0) is 13.2. The fourth-order valence-electron chi connectivity index (χ4n) is 1.41. The number of nitrogens with zero attached hydrogens (tertiary/aromatic N) is 3. The minimum atomic E-state index is 0.116. The molecule has 0 saturated heterocycles. The lowest BCUT2D eigenvalue weighted by Crippen LogP contribution is -2.11. The highest BCUT2D eigenvalue weighted by atomic mass is 32.1.